The van der Waals surface area contributed by atoms with Crippen molar-refractivity contribution < 1.29 is 24.2 Å². The Balaban J connectivity index is 1.79. The summed E-state index contributed by atoms with van der Waals surface area (Å²) >= 11 is 5.92. The number of hydrazone groups is 1. The molecule has 26 heavy (non-hydrogen) atoms. The van der Waals surface area contributed by atoms with Gasteiger partial charge in [-0.25, -0.2) is 5.43 Å². The molecule has 0 unspecified atom stereocenters. The van der Waals surface area contributed by atoms with Crippen molar-refractivity contribution in [2.45, 2.75) is 13.0 Å². The molecule has 0 bridgehead atoms. The van der Waals surface area contributed by atoms with Gasteiger partial charge in [-0.1, -0.05) is 23.7 Å². The number of amides is 1. The summed E-state index contributed by atoms with van der Waals surface area (Å²) in [4.78, 5) is 22.3. The molecule has 0 spiro atoms. The molecule has 0 saturated carbocycles. The van der Waals surface area contributed by atoms with Crippen LogP contribution in [-0.4, -0.2) is 30.8 Å². The number of nitrogens with one attached hydrogen (secondary N) is 1. The molecule has 1 N–H and O–H groups in total. The first-order chi connectivity index (χ1) is 12.5. The van der Waals surface area contributed by atoms with Crippen molar-refractivity contribution in [1.29, 1.82) is 0 Å². The fraction of sp³-hybridized carbons (Fsp3) is 0.167. The Morgan fingerprint density at radius 2 is 1.92 bits per heavy atom. The molecule has 136 valence electrons. The predicted molar refractivity (Wildman–Crippen MR) is 94.2 cm³/mol. The summed E-state index contributed by atoms with van der Waals surface area (Å²) in [6.45, 7) is 1.15. The van der Waals surface area contributed by atoms with Crippen molar-refractivity contribution in [2.24, 2.45) is 5.10 Å². The zero-order valence-corrected chi connectivity index (χ0v) is 14.6. The first-order valence-electron chi connectivity index (χ1n) is 7.62. The summed E-state index contributed by atoms with van der Waals surface area (Å²) in [5.41, 5.74) is 3.01. The van der Waals surface area contributed by atoms with Crippen molar-refractivity contribution in [3.8, 4) is 11.5 Å². The number of aliphatic carboxylic acids is 1. The van der Waals surface area contributed by atoms with Crippen LogP contribution in [0, 0.1) is 0 Å². The minimum Gasteiger partial charge on any atom is -0.546 e. The number of carboxylic acid groups (broad SMARTS) is 1. The molecule has 2 aromatic rings. The van der Waals surface area contributed by atoms with Gasteiger partial charge in [-0.15, -0.1) is 0 Å². The molecule has 0 aliphatic heterocycles. The van der Waals surface area contributed by atoms with Gasteiger partial charge in [-0.3, -0.25) is 4.79 Å². The molecule has 7 nitrogen and oxygen atoms in total. The standard InChI is InChI=1S/C18H17ClN2O5/c1-12(18(23)24)26-14-8-6-13(7-9-14)10-20-21-17(22)11-25-16-5-3-2-4-15(16)19/h2-10,12H,11H2,1H3,(H,21,22)(H,23,24)/p-1/b20-10-/t12-/m0/s1. The summed E-state index contributed by atoms with van der Waals surface area (Å²) in [5, 5.41) is 14.9. The van der Waals surface area contributed by atoms with Crippen LogP contribution in [0.5, 0.6) is 11.5 Å². The number of ether oxygens (including phenoxy) is 2. The summed E-state index contributed by atoms with van der Waals surface area (Å²) in [6.07, 6.45) is 0.381. The highest BCUT2D eigenvalue weighted by atomic mass is 35.5. The van der Waals surface area contributed by atoms with E-state index in [1.807, 2.05) is 0 Å². The number of benzene rings is 2. The lowest BCUT2D eigenvalue weighted by Gasteiger charge is -2.15. The first-order valence-corrected chi connectivity index (χ1v) is 8.00. The van der Waals surface area contributed by atoms with Crippen LogP contribution < -0.4 is 20.0 Å². The number of halogens is 1. The zero-order valence-electron chi connectivity index (χ0n) is 13.8. The topological polar surface area (TPSA) is 100 Å². The molecule has 0 fully saturated rings. The highest BCUT2D eigenvalue weighted by Gasteiger charge is 2.05. The van der Waals surface area contributed by atoms with Crippen molar-refractivity contribution in [3.63, 3.8) is 0 Å². The number of carbonyl (C=O) groups excluding carboxylic acids is 2. The molecule has 0 radical (unpaired) electrons. The molecular formula is C18H16ClN2O5-. The number of hydrogen-bond donors (Lipinski definition) is 1. The molecular weight excluding hydrogens is 360 g/mol. The van der Waals surface area contributed by atoms with Crippen LogP contribution in [0.1, 0.15) is 12.5 Å². The van der Waals surface area contributed by atoms with Gasteiger partial charge in [0.1, 0.15) is 17.6 Å². The van der Waals surface area contributed by atoms with Crippen LogP contribution in [0.2, 0.25) is 5.02 Å². The van der Waals surface area contributed by atoms with Crippen LogP contribution in [0.15, 0.2) is 53.6 Å². The van der Waals surface area contributed by atoms with E-state index in [-0.39, 0.29) is 6.61 Å². The van der Waals surface area contributed by atoms with E-state index in [1.54, 1.807) is 48.5 Å². The average molecular weight is 376 g/mol. The van der Waals surface area contributed by atoms with Crippen LogP contribution in [-0.2, 0) is 9.59 Å². The highest BCUT2D eigenvalue weighted by Crippen LogP contribution is 2.22. The molecule has 0 saturated heterocycles. The van der Waals surface area contributed by atoms with Gasteiger partial charge in [0.2, 0.25) is 0 Å². The molecule has 0 aliphatic rings. The normalized spacial score (nSPS) is 11.8. The third-order valence-corrected chi connectivity index (χ3v) is 3.44. The number of rotatable bonds is 8. The van der Waals surface area contributed by atoms with Gasteiger partial charge in [0.15, 0.2) is 6.61 Å². The number of nitrogens with zero attached hydrogens (tertiary/aromatic N) is 1. The maximum Gasteiger partial charge on any atom is 0.277 e. The van der Waals surface area contributed by atoms with E-state index < -0.39 is 18.0 Å². The predicted octanol–water partition coefficient (Wildman–Crippen LogP) is 1.39. The average Bonchev–Trinajstić information content (AvgIpc) is 2.62. The lowest BCUT2D eigenvalue weighted by atomic mass is 10.2. The van der Waals surface area contributed by atoms with E-state index in [2.05, 4.69) is 10.5 Å². The second-order valence-corrected chi connectivity index (χ2v) is 5.57. The van der Waals surface area contributed by atoms with Crippen molar-refractivity contribution in [3.05, 3.63) is 59.1 Å². The second-order valence-electron chi connectivity index (χ2n) is 5.16. The SMILES string of the molecule is C[C@H](Oc1ccc(/C=N\NC(=O)COc2ccccc2Cl)cc1)C(=O)[O-]. The Hall–Kier alpha value is -3.06. The minimum atomic E-state index is -1.29. The second kappa shape index (κ2) is 9.43. The largest absolute Gasteiger partial charge is 0.546 e. The molecule has 0 heterocycles. The molecule has 2 rings (SSSR count). The fourth-order valence-corrected chi connectivity index (χ4v) is 1.99. The number of carbonyl (C=O) groups is 2. The van der Waals surface area contributed by atoms with E-state index in [0.29, 0.717) is 22.1 Å². The summed E-state index contributed by atoms with van der Waals surface area (Å²) in [6, 6.07) is 13.3. The fourth-order valence-electron chi connectivity index (χ4n) is 1.80. The molecule has 8 heteroatoms. The van der Waals surface area contributed by atoms with Gasteiger partial charge in [-0.05, 0) is 48.9 Å². The van der Waals surface area contributed by atoms with Crippen LogP contribution in [0.25, 0.3) is 0 Å². The zero-order chi connectivity index (χ0) is 18.9. The smallest absolute Gasteiger partial charge is 0.277 e. The number of para-hydroxylation sites is 1. The van der Waals surface area contributed by atoms with Crippen molar-refractivity contribution >= 4 is 29.7 Å². The van der Waals surface area contributed by atoms with Gasteiger partial charge >= 0.3 is 0 Å². The Bertz CT molecular complexity index is 792. The van der Waals surface area contributed by atoms with E-state index in [1.165, 1.54) is 13.1 Å². The number of carboxylic acids is 1. The highest BCUT2D eigenvalue weighted by molar-refractivity contribution is 6.32. The van der Waals surface area contributed by atoms with Gasteiger partial charge in [0.05, 0.1) is 17.2 Å². The molecule has 2 aromatic carbocycles. The van der Waals surface area contributed by atoms with Gasteiger partial charge in [0, 0.05) is 0 Å². The van der Waals surface area contributed by atoms with Gasteiger partial charge < -0.3 is 19.4 Å². The van der Waals surface area contributed by atoms with Gasteiger partial charge in [0.25, 0.3) is 5.91 Å². The van der Waals surface area contributed by atoms with E-state index >= 15 is 0 Å². The molecule has 0 aliphatic carbocycles. The van der Waals surface area contributed by atoms with Gasteiger partial charge in [-0.2, -0.15) is 5.10 Å². The third kappa shape index (κ3) is 6.10. The van der Waals surface area contributed by atoms with Crippen molar-refractivity contribution in [2.75, 3.05) is 6.61 Å². The van der Waals surface area contributed by atoms with E-state index in [9.17, 15) is 14.7 Å². The quantitative estimate of drug-likeness (QED) is 0.555. The Kier molecular flexibility index (Phi) is 6.99. The molecule has 0 aromatic heterocycles. The molecule has 1 atom stereocenters. The maximum absolute atomic E-state index is 11.7. The Morgan fingerprint density at radius 3 is 2.58 bits per heavy atom. The van der Waals surface area contributed by atoms with Crippen LogP contribution in [0.4, 0.5) is 0 Å². The minimum absolute atomic E-state index is 0.227. The lowest BCUT2D eigenvalue weighted by Crippen LogP contribution is -2.37. The maximum atomic E-state index is 11.7. The molecule has 1 amide bonds. The Morgan fingerprint density at radius 1 is 1.23 bits per heavy atom. The van der Waals surface area contributed by atoms with E-state index in [4.69, 9.17) is 21.1 Å². The third-order valence-electron chi connectivity index (χ3n) is 3.12. The Labute approximate surface area is 155 Å². The summed E-state index contributed by atoms with van der Waals surface area (Å²) < 4.78 is 10.4. The summed E-state index contributed by atoms with van der Waals surface area (Å²) in [7, 11) is 0. The van der Waals surface area contributed by atoms with Crippen LogP contribution in [0.3, 0.4) is 0 Å². The summed E-state index contributed by atoms with van der Waals surface area (Å²) in [5.74, 6) is -0.938. The number of hydrogen-bond acceptors (Lipinski definition) is 6. The van der Waals surface area contributed by atoms with E-state index in [0.717, 1.165) is 0 Å². The van der Waals surface area contributed by atoms with Crippen LogP contribution >= 0.6 is 11.6 Å². The first kappa shape index (κ1) is 19.3. The van der Waals surface area contributed by atoms with Crippen molar-refractivity contribution in [1.82, 2.24) is 5.43 Å². The lowest BCUT2D eigenvalue weighted by molar-refractivity contribution is -0.312. The monoisotopic (exact) mass is 375 g/mol.